The Morgan fingerprint density at radius 2 is 1.24 bits per heavy atom. The van der Waals surface area contributed by atoms with Gasteiger partial charge in [0.1, 0.15) is 17.2 Å². The summed E-state index contributed by atoms with van der Waals surface area (Å²) >= 11 is 0. The predicted octanol–water partition coefficient (Wildman–Crippen LogP) is 5.00. The van der Waals surface area contributed by atoms with Gasteiger partial charge in [-0.3, -0.25) is 15.0 Å². The number of hydrogen-bond acceptors (Lipinski definition) is 4. The van der Waals surface area contributed by atoms with Crippen LogP contribution < -0.4 is 4.74 Å². The molecule has 0 spiro atoms. The van der Waals surface area contributed by atoms with E-state index >= 15 is 0 Å². The molecule has 120 valence electrons. The van der Waals surface area contributed by atoms with E-state index in [2.05, 4.69) is 15.0 Å². The van der Waals surface area contributed by atoms with Crippen LogP contribution in [0, 0.1) is 0 Å². The lowest BCUT2D eigenvalue weighted by atomic mass is 10.1. The molecule has 0 bridgehead atoms. The maximum absolute atomic E-state index is 6.12. The fourth-order valence-corrected chi connectivity index (χ4v) is 2.60. The van der Waals surface area contributed by atoms with E-state index in [-0.39, 0.29) is 0 Å². The number of para-hydroxylation sites is 1. The zero-order valence-corrected chi connectivity index (χ0v) is 13.4. The molecule has 0 amide bonds. The highest BCUT2D eigenvalue weighted by Crippen LogP contribution is 2.37. The van der Waals surface area contributed by atoms with Crippen LogP contribution in [-0.2, 0) is 0 Å². The molecule has 0 saturated heterocycles. The lowest BCUT2D eigenvalue weighted by Crippen LogP contribution is -1.96. The molecule has 0 aliphatic carbocycles. The maximum atomic E-state index is 6.12. The largest absolute Gasteiger partial charge is 0.457 e. The van der Waals surface area contributed by atoms with Crippen LogP contribution in [0.3, 0.4) is 0 Å². The van der Waals surface area contributed by atoms with E-state index in [1.807, 2.05) is 72.8 Å². The lowest BCUT2D eigenvalue weighted by Gasteiger charge is -2.14. The van der Waals surface area contributed by atoms with Crippen molar-refractivity contribution < 1.29 is 4.74 Å². The molecule has 3 aromatic heterocycles. The van der Waals surface area contributed by atoms with Gasteiger partial charge in [0.25, 0.3) is 0 Å². The van der Waals surface area contributed by atoms with Crippen LogP contribution in [0.15, 0.2) is 91.4 Å². The van der Waals surface area contributed by atoms with Crippen LogP contribution in [0.5, 0.6) is 11.5 Å². The Balaban J connectivity index is 1.89. The van der Waals surface area contributed by atoms with Crippen molar-refractivity contribution in [2.45, 2.75) is 0 Å². The first-order chi connectivity index (χ1) is 12.4. The molecule has 25 heavy (non-hydrogen) atoms. The summed E-state index contributed by atoms with van der Waals surface area (Å²) in [6.45, 7) is 0. The van der Waals surface area contributed by atoms with Crippen molar-refractivity contribution in [3.63, 3.8) is 0 Å². The number of benzene rings is 1. The molecule has 0 atom stereocenters. The van der Waals surface area contributed by atoms with E-state index in [0.717, 1.165) is 28.4 Å². The van der Waals surface area contributed by atoms with Gasteiger partial charge < -0.3 is 4.74 Å². The van der Waals surface area contributed by atoms with E-state index in [1.165, 1.54) is 0 Å². The minimum Gasteiger partial charge on any atom is -0.457 e. The van der Waals surface area contributed by atoms with Gasteiger partial charge in [-0.25, -0.2) is 0 Å². The summed E-state index contributed by atoms with van der Waals surface area (Å²) in [7, 11) is 0. The first kappa shape index (κ1) is 15.0. The van der Waals surface area contributed by atoms with Crippen molar-refractivity contribution >= 4 is 0 Å². The third kappa shape index (κ3) is 3.23. The Bertz CT molecular complexity index is 958. The van der Waals surface area contributed by atoms with E-state index in [0.29, 0.717) is 5.75 Å². The summed E-state index contributed by atoms with van der Waals surface area (Å²) in [5.74, 6) is 1.46. The molecule has 4 aromatic rings. The van der Waals surface area contributed by atoms with Crippen LogP contribution in [0.4, 0.5) is 0 Å². The third-order valence-corrected chi connectivity index (χ3v) is 3.71. The van der Waals surface area contributed by atoms with E-state index in [4.69, 9.17) is 4.74 Å². The lowest BCUT2D eigenvalue weighted by molar-refractivity contribution is 0.484. The number of aromatic nitrogens is 3. The standard InChI is InChI=1S/C21H15N3O/c1-2-8-16(9-3-1)25-19-12-15-24-21(18-11-5-7-14-23-18)20(19)17-10-4-6-13-22-17/h1-15H. The van der Waals surface area contributed by atoms with Gasteiger partial charge in [-0.15, -0.1) is 0 Å². The van der Waals surface area contributed by atoms with Crippen LogP contribution in [-0.4, -0.2) is 15.0 Å². The molecule has 4 heteroatoms. The third-order valence-electron chi connectivity index (χ3n) is 3.71. The van der Waals surface area contributed by atoms with Gasteiger partial charge in [0.05, 0.1) is 17.0 Å². The first-order valence-corrected chi connectivity index (χ1v) is 7.96. The number of nitrogens with zero attached hydrogens (tertiary/aromatic N) is 3. The van der Waals surface area contributed by atoms with E-state index in [9.17, 15) is 0 Å². The van der Waals surface area contributed by atoms with E-state index in [1.54, 1.807) is 18.6 Å². The zero-order chi connectivity index (χ0) is 16.9. The number of rotatable bonds is 4. The average molecular weight is 325 g/mol. The Hall–Kier alpha value is -3.53. The van der Waals surface area contributed by atoms with Gasteiger partial charge in [0.15, 0.2) is 0 Å². The number of pyridine rings is 3. The molecule has 0 unspecified atom stereocenters. The van der Waals surface area contributed by atoms with Gasteiger partial charge in [-0.05, 0) is 42.5 Å². The van der Waals surface area contributed by atoms with E-state index < -0.39 is 0 Å². The monoisotopic (exact) mass is 325 g/mol. The molecule has 4 nitrogen and oxygen atoms in total. The van der Waals surface area contributed by atoms with Crippen LogP contribution in [0.25, 0.3) is 22.6 Å². The average Bonchev–Trinajstić information content (AvgIpc) is 2.70. The topological polar surface area (TPSA) is 47.9 Å². The molecular weight excluding hydrogens is 310 g/mol. The molecule has 4 rings (SSSR count). The van der Waals surface area contributed by atoms with Crippen molar-refractivity contribution in [3.8, 4) is 34.1 Å². The van der Waals surface area contributed by atoms with Crippen molar-refractivity contribution in [1.82, 2.24) is 15.0 Å². The molecular formula is C21H15N3O. The fourth-order valence-electron chi connectivity index (χ4n) is 2.60. The van der Waals surface area contributed by atoms with Crippen LogP contribution >= 0.6 is 0 Å². The molecule has 0 aliphatic rings. The summed E-state index contributed by atoms with van der Waals surface area (Å²) in [4.78, 5) is 13.5. The normalized spacial score (nSPS) is 10.4. The van der Waals surface area contributed by atoms with Gasteiger partial charge in [0, 0.05) is 18.6 Å². The second kappa shape index (κ2) is 6.93. The Morgan fingerprint density at radius 3 is 1.92 bits per heavy atom. The van der Waals surface area contributed by atoms with Gasteiger partial charge in [-0.2, -0.15) is 0 Å². The predicted molar refractivity (Wildman–Crippen MR) is 97.2 cm³/mol. The molecule has 1 aromatic carbocycles. The smallest absolute Gasteiger partial charge is 0.140 e. The zero-order valence-electron chi connectivity index (χ0n) is 13.4. The molecule has 3 heterocycles. The summed E-state index contributed by atoms with van der Waals surface area (Å²) in [5.41, 5.74) is 3.14. The Morgan fingerprint density at radius 1 is 0.560 bits per heavy atom. The highest BCUT2D eigenvalue weighted by Gasteiger charge is 2.17. The SMILES string of the molecule is c1ccc(Oc2ccnc(-c3ccccn3)c2-c2ccccn2)cc1. The van der Waals surface area contributed by atoms with Crippen molar-refractivity contribution in [1.29, 1.82) is 0 Å². The Kier molecular flexibility index (Phi) is 4.16. The van der Waals surface area contributed by atoms with Gasteiger partial charge in [0.2, 0.25) is 0 Å². The highest BCUT2D eigenvalue weighted by atomic mass is 16.5. The molecule has 0 N–H and O–H groups in total. The van der Waals surface area contributed by atoms with Gasteiger partial charge in [-0.1, -0.05) is 30.3 Å². The van der Waals surface area contributed by atoms with Crippen LogP contribution in [0.1, 0.15) is 0 Å². The number of ether oxygens (including phenoxy) is 1. The molecule has 0 fully saturated rings. The summed E-state index contributed by atoms with van der Waals surface area (Å²) in [6, 6.07) is 23.1. The number of hydrogen-bond donors (Lipinski definition) is 0. The van der Waals surface area contributed by atoms with Crippen molar-refractivity contribution in [3.05, 3.63) is 91.4 Å². The summed E-state index contributed by atoms with van der Waals surface area (Å²) < 4.78 is 6.12. The van der Waals surface area contributed by atoms with Gasteiger partial charge >= 0.3 is 0 Å². The van der Waals surface area contributed by atoms with Crippen molar-refractivity contribution in [2.24, 2.45) is 0 Å². The summed E-state index contributed by atoms with van der Waals surface area (Å²) in [5, 5.41) is 0. The van der Waals surface area contributed by atoms with Crippen molar-refractivity contribution in [2.75, 3.05) is 0 Å². The quantitative estimate of drug-likeness (QED) is 0.530. The van der Waals surface area contributed by atoms with Crippen LogP contribution in [0.2, 0.25) is 0 Å². The second-order valence-electron chi connectivity index (χ2n) is 5.38. The maximum Gasteiger partial charge on any atom is 0.140 e. The highest BCUT2D eigenvalue weighted by molar-refractivity contribution is 5.82. The second-order valence-corrected chi connectivity index (χ2v) is 5.38. The minimum absolute atomic E-state index is 0.695. The molecule has 0 aliphatic heterocycles. The minimum atomic E-state index is 0.695. The summed E-state index contributed by atoms with van der Waals surface area (Å²) in [6.07, 6.45) is 5.25. The Labute approximate surface area is 145 Å². The molecule has 0 saturated carbocycles. The fraction of sp³-hybridized carbons (Fsp3) is 0. The molecule has 0 radical (unpaired) electrons. The first-order valence-electron chi connectivity index (χ1n) is 7.96.